The van der Waals surface area contributed by atoms with Gasteiger partial charge in [-0.2, -0.15) is 0 Å². The number of amides is 1. The molecule has 2 fully saturated rings. The molecule has 3 rings (SSSR count). The number of carbonyl (C=O) groups excluding carboxylic acids is 1. The molecule has 0 atom stereocenters. The van der Waals surface area contributed by atoms with Gasteiger partial charge in [0.25, 0.3) is 0 Å². The summed E-state index contributed by atoms with van der Waals surface area (Å²) in [6.07, 6.45) is 7.14. The number of aliphatic carboxylic acids is 1. The number of benzene rings is 1. The molecule has 1 heterocycles. The molecule has 1 aliphatic carbocycles. The number of piperidine rings is 1. The number of hydrogen-bond acceptors (Lipinski definition) is 3. The first-order chi connectivity index (χ1) is 13.6. The van der Waals surface area contributed by atoms with Gasteiger partial charge in [0, 0.05) is 19.0 Å². The maximum atomic E-state index is 12.8. The van der Waals surface area contributed by atoms with Gasteiger partial charge in [-0.15, -0.1) is 0 Å². The van der Waals surface area contributed by atoms with E-state index in [1.165, 1.54) is 12.0 Å². The maximum absolute atomic E-state index is 12.8. The Morgan fingerprint density at radius 1 is 1.00 bits per heavy atom. The molecule has 2 aliphatic rings. The van der Waals surface area contributed by atoms with Crippen molar-refractivity contribution in [3.63, 3.8) is 0 Å². The molecule has 0 radical (unpaired) electrons. The van der Waals surface area contributed by atoms with Crippen molar-refractivity contribution in [1.82, 2.24) is 4.90 Å². The van der Waals surface area contributed by atoms with Gasteiger partial charge in [0.05, 0.1) is 12.5 Å². The fraction of sp³-hybridized carbons (Fsp3) is 0.652. The lowest BCUT2D eigenvalue weighted by molar-refractivity contribution is -0.146. The number of ether oxygens (including phenoxy) is 1. The molecule has 0 aromatic heterocycles. The minimum Gasteiger partial charge on any atom is -0.494 e. The van der Waals surface area contributed by atoms with Gasteiger partial charge in [0.2, 0.25) is 5.91 Å². The first kappa shape index (κ1) is 20.7. The zero-order valence-electron chi connectivity index (χ0n) is 16.9. The van der Waals surface area contributed by atoms with Crippen LogP contribution in [0.25, 0.3) is 0 Å². The van der Waals surface area contributed by atoms with E-state index >= 15 is 0 Å². The number of rotatable bonds is 7. The summed E-state index contributed by atoms with van der Waals surface area (Å²) in [4.78, 5) is 25.9. The smallest absolute Gasteiger partial charge is 0.306 e. The Kier molecular flexibility index (Phi) is 7.35. The van der Waals surface area contributed by atoms with Crippen LogP contribution in [0.3, 0.4) is 0 Å². The lowest BCUT2D eigenvalue weighted by Gasteiger charge is -2.36. The van der Waals surface area contributed by atoms with E-state index in [1.54, 1.807) is 0 Å². The van der Waals surface area contributed by atoms with Gasteiger partial charge in [0.15, 0.2) is 0 Å². The lowest BCUT2D eigenvalue weighted by Crippen LogP contribution is -2.43. The van der Waals surface area contributed by atoms with Crippen molar-refractivity contribution in [2.75, 3.05) is 19.7 Å². The molecule has 0 unspecified atom stereocenters. The monoisotopic (exact) mass is 387 g/mol. The number of aryl methyl sites for hydroxylation is 1. The number of hydrogen-bond donors (Lipinski definition) is 1. The molecule has 1 aromatic carbocycles. The molecule has 1 amide bonds. The predicted molar refractivity (Wildman–Crippen MR) is 108 cm³/mol. The molecule has 28 heavy (non-hydrogen) atoms. The van der Waals surface area contributed by atoms with Gasteiger partial charge in [-0.3, -0.25) is 9.59 Å². The van der Waals surface area contributed by atoms with Gasteiger partial charge in [0.1, 0.15) is 5.75 Å². The van der Waals surface area contributed by atoms with Gasteiger partial charge in [-0.05, 0) is 81.9 Å². The van der Waals surface area contributed by atoms with Crippen molar-refractivity contribution in [3.8, 4) is 5.75 Å². The average molecular weight is 388 g/mol. The van der Waals surface area contributed by atoms with Crippen LogP contribution in [0.15, 0.2) is 24.3 Å². The highest BCUT2D eigenvalue weighted by Gasteiger charge is 2.33. The van der Waals surface area contributed by atoms with Gasteiger partial charge in [-0.1, -0.05) is 12.1 Å². The topological polar surface area (TPSA) is 66.8 Å². The van der Waals surface area contributed by atoms with Crippen molar-refractivity contribution in [3.05, 3.63) is 29.8 Å². The number of nitrogens with zero attached hydrogens (tertiary/aromatic N) is 1. The molecule has 1 saturated carbocycles. The van der Waals surface area contributed by atoms with E-state index in [-0.39, 0.29) is 17.7 Å². The molecular formula is C23H33NO4. The zero-order valence-corrected chi connectivity index (χ0v) is 16.9. The molecular weight excluding hydrogens is 354 g/mol. The maximum Gasteiger partial charge on any atom is 0.306 e. The first-order valence-electron chi connectivity index (χ1n) is 10.8. The summed E-state index contributed by atoms with van der Waals surface area (Å²) in [5.74, 6) is 0.940. The highest BCUT2D eigenvalue weighted by atomic mass is 16.5. The third-order valence-electron chi connectivity index (χ3n) is 6.43. The highest BCUT2D eigenvalue weighted by Crippen LogP contribution is 2.32. The molecule has 1 saturated heterocycles. The average Bonchev–Trinajstić information content (AvgIpc) is 2.73. The van der Waals surface area contributed by atoms with E-state index in [2.05, 4.69) is 12.1 Å². The number of carboxylic acid groups (broad SMARTS) is 1. The number of carboxylic acids is 1. The van der Waals surface area contributed by atoms with Crippen LogP contribution in [0.5, 0.6) is 5.75 Å². The van der Waals surface area contributed by atoms with Crippen molar-refractivity contribution in [2.24, 2.45) is 17.8 Å². The second-order valence-corrected chi connectivity index (χ2v) is 8.27. The van der Waals surface area contributed by atoms with Crippen molar-refractivity contribution in [1.29, 1.82) is 0 Å². The van der Waals surface area contributed by atoms with Crippen molar-refractivity contribution >= 4 is 11.9 Å². The largest absolute Gasteiger partial charge is 0.494 e. The van der Waals surface area contributed by atoms with Gasteiger partial charge < -0.3 is 14.7 Å². The molecule has 1 aromatic rings. The molecule has 0 spiro atoms. The predicted octanol–water partition coefficient (Wildman–Crippen LogP) is 4.15. The van der Waals surface area contributed by atoms with E-state index < -0.39 is 5.97 Å². The van der Waals surface area contributed by atoms with Crippen LogP contribution in [-0.2, 0) is 16.0 Å². The lowest BCUT2D eigenvalue weighted by atomic mass is 9.81. The Balaban J connectivity index is 1.38. The standard InChI is InChI=1S/C23H33NO4/c1-2-28-21-11-5-17(6-12-21)3-4-18-13-15-24(16-14-18)22(25)19-7-9-20(10-8-19)23(26)27/h5-6,11-12,18-20H,2-4,7-10,13-16H2,1H3,(H,26,27). The molecule has 1 aliphatic heterocycles. The van der Waals surface area contributed by atoms with E-state index in [0.717, 1.165) is 50.9 Å². The van der Waals surface area contributed by atoms with E-state index in [1.807, 2.05) is 24.0 Å². The minimum atomic E-state index is -0.709. The van der Waals surface area contributed by atoms with E-state index in [4.69, 9.17) is 9.84 Å². The second kappa shape index (κ2) is 9.94. The van der Waals surface area contributed by atoms with Crippen LogP contribution in [0.1, 0.15) is 57.4 Å². The summed E-state index contributed by atoms with van der Waals surface area (Å²) in [7, 11) is 0. The fourth-order valence-corrected chi connectivity index (χ4v) is 4.58. The molecule has 5 nitrogen and oxygen atoms in total. The summed E-state index contributed by atoms with van der Waals surface area (Å²) in [5, 5.41) is 9.11. The van der Waals surface area contributed by atoms with Crippen LogP contribution in [0.2, 0.25) is 0 Å². The van der Waals surface area contributed by atoms with Crippen LogP contribution in [0, 0.1) is 17.8 Å². The summed E-state index contributed by atoms with van der Waals surface area (Å²) in [6.45, 7) is 4.39. The van der Waals surface area contributed by atoms with E-state index in [9.17, 15) is 9.59 Å². The first-order valence-corrected chi connectivity index (χ1v) is 10.8. The van der Waals surface area contributed by atoms with Gasteiger partial charge >= 0.3 is 5.97 Å². The molecule has 0 bridgehead atoms. The Morgan fingerprint density at radius 3 is 2.18 bits per heavy atom. The minimum absolute atomic E-state index is 0.0380. The molecule has 154 valence electrons. The highest BCUT2D eigenvalue weighted by molar-refractivity contribution is 5.79. The van der Waals surface area contributed by atoms with Crippen molar-refractivity contribution < 1.29 is 19.4 Å². The van der Waals surface area contributed by atoms with Crippen LogP contribution >= 0.6 is 0 Å². The van der Waals surface area contributed by atoms with Crippen LogP contribution in [0.4, 0.5) is 0 Å². The third-order valence-corrected chi connectivity index (χ3v) is 6.43. The van der Waals surface area contributed by atoms with E-state index in [0.29, 0.717) is 25.4 Å². The van der Waals surface area contributed by atoms with Gasteiger partial charge in [-0.25, -0.2) is 0 Å². The Hall–Kier alpha value is -2.04. The number of likely N-dealkylation sites (tertiary alicyclic amines) is 1. The summed E-state index contributed by atoms with van der Waals surface area (Å²) in [5.41, 5.74) is 1.34. The fourth-order valence-electron chi connectivity index (χ4n) is 4.58. The van der Waals surface area contributed by atoms with Crippen LogP contribution in [-0.4, -0.2) is 41.6 Å². The summed E-state index contributed by atoms with van der Waals surface area (Å²) >= 11 is 0. The van der Waals surface area contributed by atoms with Crippen LogP contribution < -0.4 is 4.74 Å². The third kappa shape index (κ3) is 5.49. The zero-order chi connectivity index (χ0) is 19.9. The summed E-state index contributed by atoms with van der Waals surface area (Å²) in [6, 6.07) is 8.38. The van der Waals surface area contributed by atoms with Crippen molar-refractivity contribution in [2.45, 2.75) is 58.3 Å². The Labute approximate surface area is 168 Å². The normalized spacial score (nSPS) is 23.4. The Morgan fingerprint density at radius 2 is 1.61 bits per heavy atom. The number of carbonyl (C=O) groups is 2. The summed E-state index contributed by atoms with van der Waals surface area (Å²) < 4.78 is 5.49. The molecule has 1 N–H and O–H groups in total. The quantitative estimate of drug-likeness (QED) is 0.763. The Bertz CT molecular complexity index is 641. The molecule has 5 heteroatoms. The second-order valence-electron chi connectivity index (χ2n) is 8.27. The SMILES string of the molecule is CCOc1ccc(CCC2CCN(C(=O)C3CCC(C(=O)O)CC3)CC2)cc1.